The van der Waals surface area contributed by atoms with Crippen LogP contribution in [0.4, 0.5) is 0 Å². The maximum Gasteiger partial charge on any atom is 0.253 e. The van der Waals surface area contributed by atoms with Gasteiger partial charge < -0.3 is 10.1 Å². The van der Waals surface area contributed by atoms with Crippen LogP contribution in [0.3, 0.4) is 0 Å². The van der Waals surface area contributed by atoms with E-state index in [-0.39, 0.29) is 5.91 Å². The van der Waals surface area contributed by atoms with E-state index in [0.717, 1.165) is 27.9 Å². The van der Waals surface area contributed by atoms with E-state index in [2.05, 4.69) is 20.5 Å². The average Bonchev–Trinajstić information content (AvgIpc) is 3.20. The normalized spacial score (nSPS) is 10.7. The Morgan fingerprint density at radius 2 is 2.00 bits per heavy atom. The molecule has 0 unspecified atom stereocenters. The fourth-order valence-corrected chi connectivity index (χ4v) is 2.82. The van der Waals surface area contributed by atoms with E-state index in [0.29, 0.717) is 18.7 Å². The number of carbonyl (C=O) groups excluding carboxylic acids is 1. The second-order valence-corrected chi connectivity index (χ2v) is 6.08. The highest BCUT2D eigenvalue weighted by Gasteiger charge is 2.11. The van der Waals surface area contributed by atoms with E-state index >= 15 is 0 Å². The molecule has 134 valence electrons. The Morgan fingerprint density at radius 1 is 1.07 bits per heavy atom. The first-order valence-electron chi connectivity index (χ1n) is 8.61. The largest absolute Gasteiger partial charge is 0.487 e. The number of amides is 1. The number of fused-ring (bicyclic) bond motifs is 1. The van der Waals surface area contributed by atoms with Crippen LogP contribution in [-0.2, 0) is 13.2 Å². The highest BCUT2D eigenvalue weighted by Crippen LogP contribution is 2.17. The summed E-state index contributed by atoms with van der Waals surface area (Å²) in [5.41, 5.74) is 3.14. The van der Waals surface area contributed by atoms with Gasteiger partial charge in [-0.2, -0.15) is 5.10 Å². The van der Waals surface area contributed by atoms with Crippen molar-refractivity contribution in [3.8, 4) is 5.75 Å². The number of carbonyl (C=O) groups is 1. The number of nitrogens with zero attached hydrogens (tertiary/aromatic N) is 2. The first kappa shape index (κ1) is 16.8. The van der Waals surface area contributed by atoms with Crippen LogP contribution >= 0.6 is 0 Å². The molecule has 0 aliphatic heterocycles. The van der Waals surface area contributed by atoms with Crippen molar-refractivity contribution >= 4 is 16.8 Å². The molecule has 6 nitrogen and oxygen atoms in total. The maximum atomic E-state index is 12.5. The molecule has 0 spiro atoms. The van der Waals surface area contributed by atoms with E-state index in [9.17, 15) is 4.79 Å². The van der Waals surface area contributed by atoms with Gasteiger partial charge in [0.05, 0.1) is 23.0 Å². The lowest BCUT2D eigenvalue weighted by atomic mass is 10.1. The number of H-pyrrole nitrogens is 1. The number of pyridine rings is 1. The number of ether oxygens (including phenoxy) is 1. The van der Waals surface area contributed by atoms with Gasteiger partial charge in [0.1, 0.15) is 12.4 Å². The van der Waals surface area contributed by atoms with Crippen LogP contribution in [0.25, 0.3) is 10.9 Å². The first-order chi connectivity index (χ1) is 13.3. The molecule has 0 saturated carbocycles. The molecule has 4 rings (SSSR count). The van der Waals surface area contributed by atoms with Crippen LogP contribution in [0, 0.1) is 0 Å². The van der Waals surface area contributed by atoms with Gasteiger partial charge in [0.2, 0.25) is 0 Å². The van der Waals surface area contributed by atoms with Crippen LogP contribution < -0.4 is 10.1 Å². The standard InChI is InChI=1S/C21H18N4O2/c26-21(19-9-4-6-16-13-24-25-20(16)19)23-12-15-5-3-8-18(11-15)27-14-17-7-1-2-10-22-17/h1-11,13H,12,14H2,(H,23,26)(H,24,25). The van der Waals surface area contributed by atoms with Gasteiger partial charge in [-0.15, -0.1) is 0 Å². The number of nitrogens with one attached hydrogen (secondary N) is 2. The highest BCUT2D eigenvalue weighted by molar-refractivity contribution is 6.05. The molecule has 4 aromatic rings. The summed E-state index contributed by atoms with van der Waals surface area (Å²) in [6.07, 6.45) is 3.44. The summed E-state index contributed by atoms with van der Waals surface area (Å²) >= 11 is 0. The van der Waals surface area contributed by atoms with Crippen LogP contribution in [0.5, 0.6) is 5.75 Å². The lowest BCUT2D eigenvalue weighted by Gasteiger charge is -2.09. The second kappa shape index (κ2) is 7.70. The third kappa shape index (κ3) is 3.95. The van der Waals surface area contributed by atoms with Gasteiger partial charge in [-0.05, 0) is 35.9 Å². The molecular formula is C21H18N4O2. The van der Waals surface area contributed by atoms with Gasteiger partial charge in [0, 0.05) is 18.1 Å². The topological polar surface area (TPSA) is 79.9 Å². The minimum Gasteiger partial charge on any atom is -0.487 e. The minimum atomic E-state index is -0.148. The zero-order chi connectivity index (χ0) is 18.5. The number of benzene rings is 2. The number of hydrogen-bond donors (Lipinski definition) is 2. The smallest absolute Gasteiger partial charge is 0.253 e. The van der Waals surface area contributed by atoms with Gasteiger partial charge in [0.25, 0.3) is 5.91 Å². The van der Waals surface area contributed by atoms with Gasteiger partial charge in [-0.25, -0.2) is 0 Å². The van der Waals surface area contributed by atoms with Crippen molar-refractivity contribution in [3.05, 3.63) is 89.9 Å². The summed E-state index contributed by atoms with van der Waals surface area (Å²) in [5, 5.41) is 10.7. The number of aromatic nitrogens is 3. The Morgan fingerprint density at radius 3 is 2.89 bits per heavy atom. The third-order valence-corrected chi connectivity index (χ3v) is 4.19. The van der Waals surface area contributed by atoms with Crippen molar-refractivity contribution in [2.24, 2.45) is 0 Å². The second-order valence-electron chi connectivity index (χ2n) is 6.08. The molecule has 0 saturated heterocycles. The van der Waals surface area contributed by atoms with E-state index < -0.39 is 0 Å². The minimum absolute atomic E-state index is 0.148. The van der Waals surface area contributed by atoms with E-state index in [1.807, 2.05) is 54.6 Å². The maximum absolute atomic E-state index is 12.5. The van der Waals surface area contributed by atoms with Gasteiger partial charge in [-0.3, -0.25) is 14.9 Å². The third-order valence-electron chi connectivity index (χ3n) is 4.19. The monoisotopic (exact) mass is 358 g/mol. The zero-order valence-electron chi connectivity index (χ0n) is 14.6. The van der Waals surface area contributed by atoms with Crippen molar-refractivity contribution in [3.63, 3.8) is 0 Å². The Hall–Kier alpha value is -3.67. The average molecular weight is 358 g/mol. The molecule has 2 heterocycles. The van der Waals surface area contributed by atoms with Crippen LogP contribution in [0.1, 0.15) is 21.6 Å². The Bertz CT molecular complexity index is 1060. The summed E-state index contributed by atoms with van der Waals surface area (Å²) in [4.78, 5) is 16.8. The number of rotatable bonds is 6. The predicted molar refractivity (Wildman–Crippen MR) is 102 cm³/mol. The highest BCUT2D eigenvalue weighted by atomic mass is 16.5. The molecule has 0 aliphatic rings. The van der Waals surface area contributed by atoms with Crippen molar-refractivity contribution < 1.29 is 9.53 Å². The molecule has 1 amide bonds. The fourth-order valence-electron chi connectivity index (χ4n) is 2.82. The summed E-state index contributed by atoms with van der Waals surface area (Å²) in [7, 11) is 0. The molecule has 2 aromatic heterocycles. The summed E-state index contributed by atoms with van der Waals surface area (Å²) in [6, 6.07) is 18.9. The number of para-hydroxylation sites is 1. The van der Waals surface area contributed by atoms with Gasteiger partial charge >= 0.3 is 0 Å². The van der Waals surface area contributed by atoms with Crippen molar-refractivity contribution in [2.45, 2.75) is 13.2 Å². The van der Waals surface area contributed by atoms with Crippen LogP contribution in [0.2, 0.25) is 0 Å². The molecule has 2 N–H and O–H groups in total. The van der Waals surface area contributed by atoms with Crippen molar-refractivity contribution in [2.75, 3.05) is 0 Å². The first-order valence-corrected chi connectivity index (χ1v) is 8.61. The van der Waals surface area contributed by atoms with E-state index in [1.165, 1.54) is 0 Å². The molecule has 6 heteroatoms. The van der Waals surface area contributed by atoms with Gasteiger partial charge in [0.15, 0.2) is 0 Å². The lowest BCUT2D eigenvalue weighted by Crippen LogP contribution is -2.23. The quantitative estimate of drug-likeness (QED) is 0.553. The number of hydrogen-bond acceptors (Lipinski definition) is 4. The van der Waals surface area contributed by atoms with Crippen LogP contribution in [0.15, 0.2) is 73.1 Å². The van der Waals surface area contributed by atoms with E-state index in [4.69, 9.17) is 4.74 Å². The summed E-state index contributed by atoms with van der Waals surface area (Å²) in [6.45, 7) is 0.808. The zero-order valence-corrected chi connectivity index (χ0v) is 14.6. The Kier molecular flexibility index (Phi) is 4.78. The molecular weight excluding hydrogens is 340 g/mol. The molecule has 0 radical (unpaired) electrons. The SMILES string of the molecule is O=C(NCc1cccc(OCc2ccccn2)c1)c1cccc2cn[nH]c12. The predicted octanol–water partition coefficient (Wildman–Crippen LogP) is 3.47. The fraction of sp³-hybridized carbons (Fsp3) is 0.0952. The van der Waals surface area contributed by atoms with Gasteiger partial charge in [-0.1, -0.05) is 30.3 Å². The van der Waals surface area contributed by atoms with E-state index in [1.54, 1.807) is 18.5 Å². The molecule has 0 aliphatic carbocycles. The Labute approximate surface area is 156 Å². The molecule has 0 bridgehead atoms. The molecule has 0 atom stereocenters. The summed E-state index contributed by atoms with van der Waals surface area (Å²) < 4.78 is 5.78. The van der Waals surface area contributed by atoms with Crippen molar-refractivity contribution in [1.29, 1.82) is 0 Å². The lowest BCUT2D eigenvalue weighted by molar-refractivity contribution is 0.0952. The molecule has 27 heavy (non-hydrogen) atoms. The number of aromatic amines is 1. The van der Waals surface area contributed by atoms with Crippen LogP contribution in [-0.4, -0.2) is 21.1 Å². The summed E-state index contributed by atoms with van der Waals surface area (Å²) in [5.74, 6) is 0.590. The Balaban J connectivity index is 1.39. The molecule has 0 fully saturated rings. The molecule has 2 aromatic carbocycles. The van der Waals surface area contributed by atoms with Crippen molar-refractivity contribution in [1.82, 2.24) is 20.5 Å².